The summed E-state index contributed by atoms with van der Waals surface area (Å²) in [6, 6.07) is 6.52. The molecular formula is C10H6N3NaO4S. The molecule has 9 heteroatoms. The number of nitrogens with zero attached hydrogens (tertiary/aromatic N) is 3. The molecule has 7 nitrogen and oxygen atoms in total. The van der Waals surface area contributed by atoms with Gasteiger partial charge in [0, 0.05) is 0 Å². The van der Waals surface area contributed by atoms with Gasteiger partial charge in [-0.05, 0) is 24.3 Å². The quantitative estimate of drug-likeness (QED) is 0.431. The Labute approximate surface area is 131 Å². The molecule has 2 rings (SSSR count). The molecule has 0 bridgehead atoms. The molecule has 0 aliphatic carbocycles. The molecule has 0 aromatic heterocycles. The van der Waals surface area contributed by atoms with Crippen LogP contribution in [0.4, 0.5) is 5.69 Å². The summed E-state index contributed by atoms with van der Waals surface area (Å²) in [6.07, 6.45) is -0.0852. The van der Waals surface area contributed by atoms with Crippen molar-refractivity contribution in [2.45, 2.75) is 11.3 Å². The molecule has 1 heterocycles. The molecular weight excluding hydrogens is 281 g/mol. The van der Waals surface area contributed by atoms with Gasteiger partial charge in [-0.3, -0.25) is 4.79 Å². The fourth-order valence-corrected chi connectivity index (χ4v) is 1.92. The van der Waals surface area contributed by atoms with E-state index in [9.17, 15) is 17.8 Å². The average Bonchev–Trinajstić information content (AvgIpc) is 2.70. The second kappa shape index (κ2) is 5.81. The van der Waals surface area contributed by atoms with Crippen molar-refractivity contribution in [3.05, 3.63) is 24.3 Å². The van der Waals surface area contributed by atoms with E-state index in [0.717, 1.165) is 17.1 Å². The Balaban J connectivity index is 0.00000180. The monoisotopic (exact) mass is 287 g/mol. The van der Waals surface area contributed by atoms with Gasteiger partial charge in [0.25, 0.3) is 5.91 Å². The number of hydrazone groups is 1. The molecule has 1 aliphatic rings. The van der Waals surface area contributed by atoms with E-state index in [0.29, 0.717) is 5.69 Å². The van der Waals surface area contributed by atoms with Crippen LogP contribution in [-0.4, -0.2) is 24.6 Å². The minimum atomic E-state index is -4.51. The van der Waals surface area contributed by atoms with Gasteiger partial charge in [-0.25, -0.2) is 8.42 Å². The van der Waals surface area contributed by atoms with Crippen molar-refractivity contribution in [1.29, 1.82) is 5.26 Å². The molecule has 0 atom stereocenters. The number of amides is 1. The second-order valence-corrected chi connectivity index (χ2v) is 4.87. The van der Waals surface area contributed by atoms with Crippen LogP contribution in [0.2, 0.25) is 0 Å². The van der Waals surface area contributed by atoms with Crippen molar-refractivity contribution in [3.63, 3.8) is 0 Å². The predicted molar refractivity (Wildman–Crippen MR) is 59.6 cm³/mol. The Morgan fingerprint density at radius 1 is 1.32 bits per heavy atom. The van der Waals surface area contributed by atoms with Gasteiger partial charge in [0.15, 0.2) is 0 Å². The van der Waals surface area contributed by atoms with Gasteiger partial charge >= 0.3 is 29.6 Å². The van der Waals surface area contributed by atoms with Crippen LogP contribution in [0.5, 0.6) is 0 Å². The zero-order chi connectivity index (χ0) is 13.3. The maximum atomic E-state index is 11.5. The van der Waals surface area contributed by atoms with Crippen LogP contribution in [0, 0.1) is 11.3 Å². The molecule has 0 N–H and O–H groups in total. The number of hydrogen-bond donors (Lipinski definition) is 0. The maximum absolute atomic E-state index is 11.5. The third kappa shape index (κ3) is 3.40. The number of carbonyl (C=O) groups excluding carboxylic acids is 1. The first kappa shape index (κ1) is 15.8. The number of hydrogen-bond acceptors (Lipinski definition) is 6. The Kier molecular flexibility index (Phi) is 4.84. The van der Waals surface area contributed by atoms with Crippen LogP contribution in [-0.2, 0) is 14.9 Å². The predicted octanol–water partition coefficient (Wildman–Crippen LogP) is -2.79. The standard InChI is InChI=1S/C10H7N3O4S.Na/c11-6-7-5-10(14)13(12-7)8-1-3-9(4-2-8)18(15,16)17;/h1-4H,5H2,(H,15,16,17);/q;+1/p-1. The van der Waals surface area contributed by atoms with Crippen LogP contribution in [0.25, 0.3) is 0 Å². The van der Waals surface area contributed by atoms with E-state index < -0.39 is 10.1 Å². The average molecular weight is 287 g/mol. The third-order valence-corrected chi connectivity index (χ3v) is 3.12. The fraction of sp³-hybridized carbons (Fsp3) is 0.100. The first-order valence-electron chi connectivity index (χ1n) is 4.78. The number of nitriles is 1. The summed E-state index contributed by atoms with van der Waals surface area (Å²) in [7, 11) is -4.51. The molecule has 0 saturated carbocycles. The van der Waals surface area contributed by atoms with Crippen LogP contribution >= 0.6 is 0 Å². The van der Waals surface area contributed by atoms with E-state index in [4.69, 9.17) is 5.26 Å². The molecule has 0 unspecified atom stereocenters. The van der Waals surface area contributed by atoms with Gasteiger partial charge in [-0.1, -0.05) is 0 Å². The molecule has 0 spiro atoms. The minimum absolute atomic E-state index is 0. The van der Waals surface area contributed by atoms with Gasteiger partial charge in [-0.2, -0.15) is 15.4 Å². The Hall–Kier alpha value is -1.24. The van der Waals surface area contributed by atoms with Crippen molar-refractivity contribution in [3.8, 4) is 6.07 Å². The molecule has 1 aliphatic heterocycles. The third-order valence-electron chi connectivity index (χ3n) is 2.27. The summed E-state index contributed by atoms with van der Waals surface area (Å²) >= 11 is 0. The summed E-state index contributed by atoms with van der Waals surface area (Å²) < 4.78 is 32.2. The van der Waals surface area contributed by atoms with Crippen LogP contribution in [0.3, 0.4) is 0 Å². The topological polar surface area (TPSA) is 114 Å². The first-order valence-corrected chi connectivity index (χ1v) is 6.19. The van der Waals surface area contributed by atoms with E-state index >= 15 is 0 Å². The van der Waals surface area contributed by atoms with Gasteiger partial charge < -0.3 is 4.55 Å². The van der Waals surface area contributed by atoms with Gasteiger partial charge in [0.05, 0.1) is 17.0 Å². The molecule has 0 radical (unpaired) electrons. The summed E-state index contributed by atoms with van der Waals surface area (Å²) in [5.74, 6) is -0.385. The van der Waals surface area contributed by atoms with E-state index in [2.05, 4.69) is 5.10 Å². The van der Waals surface area contributed by atoms with Crippen molar-refractivity contribution in [2.24, 2.45) is 5.10 Å². The summed E-state index contributed by atoms with van der Waals surface area (Å²) in [4.78, 5) is 11.1. The molecule has 1 aromatic carbocycles. The number of rotatable bonds is 2. The van der Waals surface area contributed by atoms with E-state index in [1.165, 1.54) is 12.1 Å². The SMILES string of the molecule is N#CC1=NN(c2ccc(S(=O)(=O)[O-])cc2)C(=O)C1.[Na+]. The van der Waals surface area contributed by atoms with Crippen molar-refractivity contribution < 1.29 is 47.3 Å². The van der Waals surface area contributed by atoms with Gasteiger partial charge in [0.1, 0.15) is 21.9 Å². The minimum Gasteiger partial charge on any atom is -0.744 e. The Morgan fingerprint density at radius 3 is 2.32 bits per heavy atom. The largest absolute Gasteiger partial charge is 1.00 e. The fourth-order valence-electron chi connectivity index (χ4n) is 1.45. The summed E-state index contributed by atoms with van der Waals surface area (Å²) in [6.45, 7) is 0. The van der Waals surface area contributed by atoms with Crippen LogP contribution in [0.1, 0.15) is 6.42 Å². The van der Waals surface area contributed by atoms with Crippen molar-refractivity contribution >= 4 is 27.4 Å². The second-order valence-electron chi connectivity index (χ2n) is 3.49. The summed E-state index contributed by atoms with van der Waals surface area (Å²) in [5.41, 5.74) is 0.387. The van der Waals surface area contributed by atoms with E-state index in [1.807, 2.05) is 0 Å². The first-order chi connectivity index (χ1) is 8.41. The zero-order valence-corrected chi connectivity index (χ0v) is 12.7. The number of benzene rings is 1. The number of anilines is 1. The zero-order valence-electron chi connectivity index (χ0n) is 9.90. The van der Waals surface area contributed by atoms with Crippen molar-refractivity contribution in [1.82, 2.24) is 0 Å². The normalized spacial score (nSPS) is 14.6. The smallest absolute Gasteiger partial charge is 0.744 e. The molecule has 1 amide bonds. The van der Waals surface area contributed by atoms with Crippen molar-refractivity contribution in [2.75, 3.05) is 5.01 Å². The maximum Gasteiger partial charge on any atom is 1.00 e. The Bertz CT molecular complexity index is 676. The van der Waals surface area contributed by atoms with Crippen LogP contribution in [0.15, 0.2) is 34.3 Å². The molecule has 92 valence electrons. The Morgan fingerprint density at radius 2 is 1.89 bits per heavy atom. The van der Waals surface area contributed by atoms with E-state index in [-0.39, 0.29) is 52.5 Å². The summed E-state index contributed by atoms with van der Waals surface area (Å²) in [5, 5.41) is 13.4. The number of carbonyl (C=O) groups is 1. The molecule has 0 fully saturated rings. The van der Waals surface area contributed by atoms with Gasteiger partial charge in [0.2, 0.25) is 0 Å². The molecule has 19 heavy (non-hydrogen) atoms. The van der Waals surface area contributed by atoms with Crippen LogP contribution < -0.4 is 34.6 Å². The molecule has 0 saturated heterocycles. The van der Waals surface area contributed by atoms with E-state index in [1.54, 1.807) is 6.07 Å². The van der Waals surface area contributed by atoms with Gasteiger partial charge in [-0.15, -0.1) is 0 Å². The molecule has 1 aromatic rings.